The van der Waals surface area contributed by atoms with Gasteiger partial charge < -0.3 is 16.8 Å². The van der Waals surface area contributed by atoms with Gasteiger partial charge in [-0.3, -0.25) is 9.59 Å². The minimum absolute atomic E-state index is 0.107. The van der Waals surface area contributed by atoms with Gasteiger partial charge in [-0.05, 0) is 49.4 Å². The van der Waals surface area contributed by atoms with Crippen molar-refractivity contribution in [1.29, 1.82) is 0 Å². The molecule has 7 nitrogen and oxygen atoms in total. The average Bonchev–Trinajstić information content (AvgIpc) is 3.40. The Kier molecular flexibility index (Phi) is 5.99. The summed E-state index contributed by atoms with van der Waals surface area (Å²) in [5.41, 5.74) is 17.1. The molecule has 3 aromatic rings. The summed E-state index contributed by atoms with van der Waals surface area (Å²) < 4.78 is 1.78. The van der Waals surface area contributed by atoms with Crippen molar-refractivity contribution in [2.45, 2.75) is 52.1 Å². The molecule has 0 spiro atoms. The molecule has 1 saturated carbocycles. The van der Waals surface area contributed by atoms with Gasteiger partial charge in [0, 0.05) is 17.7 Å². The molecule has 32 heavy (non-hydrogen) atoms. The summed E-state index contributed by atoms with van der Waals surface area (Å²) >= 11 is 0. The summed E-state index contributed by atoms with van der Waals surface area (Å²) in [7, 11) is 0. The molecule has 0 bridgehead atoms. The summed E-state index contributed by atoms with van der Waals surface area (Å²) in [6.07, 6.45) is 4.27. The van der Waals surface area contributed by atoms with Crippen LogP contribution in [0, 0.1) is 13.8 Å². The summed E-state index contributed by atoms with van der Waals surface area (Å²) in [6.45, 7) is 4.27. The third-order valence-electron chi connectivity index (χ3n) is 6.25. The number of hydrogen-bond donors (Lipinski definition) is 3. The number of hydrogen-bond acceptors (Lipinski definition) is 4. The Hall–Kier alpha value is -3.61. The molecule has 5 N–H and O–H groups in total. The highest BCUT2D eigenvalue weighted by Gasteiger charge is 2.27. The third kappa shape index (κ3) is 4.10. The second kappa shape index (κ2) is 8.86. The number of primary amides is 1. The molecule has 166 valence electrons. The Morgan fingerprint density at radius 2 is 1.81 bits per heavy atom. The molecule has 1 fully saturated rings. The van der Waals surface area contributed by atoms with Gasteiger partial charge in [0.1, 0.15) is 17.1 Å². The van der Waals surface area contributed by atoms with Gasteiger partial charge in [0.2, 0.25) is 0 Å². The van der Waals surface area contributed by atoms with Gasteiger partial charge in [0.15, 0.2) is 0 Å². The van der Waals surface area contributed by atoms with Crippen LogP contribution in [-0.2, 0) is 6.54 Å². The second-order valence-corrected chi connectivity index (χ2v) is 8.50. The first-order valence-electron chi connectivity index (χ1n) is 11.0. The zero-order valence-electron chi connectivity index (χ0n) is 18.5. The molecule has 0 saturated heterocycles. The van der Waals surface area contributed by atoms with Crippen molar-refractivity contribution in [3.05, 3.63) is 70.3 Å². The number of nitrogens with two attached hydrogens (primary N) is 2. The van der Waals surface area contributed by atoms with Crippen LogP contribution in [0.25, 0.3) is 11.3 Å². The molecule has 1 aromatic heterocycles. The minimum Gasteiger partial charge on any atom is -0.383 e. The van der Waals surface area contributed by atoms with Crippen molar-refractivity contribution in [3.8, 4) is 11.3 Å². The minimum atomic E-state index is -0.573. The van der Waals surface area contributed by atoms with Crippen molar-refractivity contribution in [2.75, 3.05) is 5.73 Å². The second-order valence-electron chi connectivity index (χ2n) is 8.50. The topological polar surface area (TPSA) is 116 Å². The van der Waals surface area contributed by atoms with Crippen LogP contribution in [0.4, 0.5) is 5.82 Å². The monoisotopic (exact) mass is 431 g/mol. The lowest BCUT2D eigenvalue weighted by Crippen LogP contribution is -2.23. The smallest absolute Gasteiger partial charge is 0.254 e. The zero-order valence-corrected chi connectivity index (χ0v) is 18.5. The number of aryl methyl sites for hydroxylation is 2. The van der Waals surface area contributed by atoms with E-state index in [1.807, 2.05) is 56.3 Å². The molecular formula is C25H29N5O2. The van der Waals surface area contributed by atoms with Gasteiger partial charge >= 0.3 is 0 Å². The lowest BCUT2D eigenvalue weighted by molar-refractivity contribution is 0.0949. The van der Waals surface area contributed by atoms with E-state index in [1.165, 1.54) is 0 Å². The zero-order chi connectivity index (χ0) is 22.8. The Morgan fingerprint density at radius 3 is 2.47 bits per heavy atom. The maximum absolute atomic E-state index is 12.5. The number of nitrogen functional groups attached to an aromatic ring is 1. The van der Waals surface area contributed by atoms with Crippen molar-refractivity contribution in [1.82, 2.24) is 15.1 Å². The van der Waals surface area contributed by atoms with Crippen LogP contribution < -0.4 is 16.8 Å². The molecule has 0 aliphatic heterocycles. The standard InChI is InChI=1S/C25H29N5O2/c1-15-7-3-6-10-20(15)25(32)28-14-17-11-12-19(16(2)13-17)22-21(24(27)31)23(26)30(29-22)18-8-4-5-9-18/h3,6-7,10-13,18H,4-5,8-9,14,26H2,1-2H3,(H2,27,31)(H,28,32). The fourth-order valence-corrected chi connectivity index (χ4v) is 4.51. The van der Waals surface area contributed by atoms with E-state index in [1.54, 1.807) is 4.68 Å². The van der Waals surface area contributed by atoms with E-state index in [0.29, 0.717) is 23.6 Å². The number of benzene rings is 2. The van der Waals surface area contributed by atoms with Gasteiger partial charge in [0.25, 0.3) is 11.8 Å². The maximum Gasteiger partial charge on any atom is 0.254 e. The number of amides is 2. The van der Waals surface area contributed by atoms with Gasteiger partial charge in [-0.15, -0.1) is 0 Å². The SMILES string of the molecule is Cc1ccccc1C(=O)NCc1ccc(-c2nn(C3CCCC3)c(N)c2C(N)=O)c(C)c1. The molecule has 2 amide bonds. The molecule has 4 rings (SSSR count). The van der Waals surface area contributed by atoms with Gasteiger partial charge in [-0.2, -0.15) is 5.10 Å². The Balaban J connectivity index is 1.58. The van der Waals surface area contributed by atoms with Crippen LogP contribution in [0.2, 0.25) is 0 Å². The van der Waals surface area contributed by atoms with E-state index in [2.05, 4.69) is 5.32 Å². The third-order valence-corrected chi connectivity index (χ3v) is 6.25. The first-order valence-corrected chi connectivity index (χ1v) is 11.0. The highest BCUT2D eigenvalue weighted by Crippen LogP contribution is 2.36. The summed E-state index contributed by atoms with van der Waals surface area (Å²) in [4.78, 5) is 24.7. The number of rotatable bonds is 6. The van der Waals surface area contributed by atoms with E-state index in [9.17, 15) is 9.59 Å². The normalized spacial score (nSPS) is 13.9. The quantitative estimate of drug-likeness (QED) is 0.549. The number of anilines is 1. The van der Waals surface area contributed by atoms with E-state index >= 15 is 0 Å². The lowest BCUT2D eigenvalue weighted by Gasteiger charge is -2.11. The number of nitrogens with one attached hydrogen (secondary N) is 1. The van der Waals surface area contributed by atoms with E-state index in [-0.39, 0.29) is 17.5 Å². The number of carbonyl (C=O) groups excluding carboxylic acids is 2. The average molecular weight is 432 g/mol. The van der Waals surface area contributed by atoms with Crippen LogP contribution in [0.5, 0.6) is 0 Å². The predicted molar refractivity (Wildman–Crippen MR) is 125 cm³/mol. The largest absolute Gasteiger partial charge is 0.383 e. The molecular weight excluding hydrogens is 402 g/mol. The fourth-order valence-electron chi connectivity index (χ4n) is 4.51. The van der Waals surface area contributed by atoms with E-state index in [0.717, 1.165) is 47.9 Å². The number of nitrogens with zero attached hydrogens (tertiary/aromatic N) is 2. The number of aromatic nitrogens is 2. The van der Waals surface area contributed by atoms with E-state index in [4.69, 9.17) is 16.6 Å². The predicted octanol–water partition coefficient (Wildman–Crippen LogP) is 3.89. The molecule has 1 heterocycles. The van der Waals surface area contributed by atoms with Crippen LogP contribution in [0.3, 0.4) is 0 Å². The molecule has 1 aliphatic rings. The first-order chi connectivity index (χ1) is 15.4. The van der Waals surface area contributed by atoms with Gasteiger partial charge in [0.05, 0.1) is 6.04 Å². The maximum atomic E-state index is 12.5. The lowest BCUT2D eigenvalue weighted by atomic mass is 9.99. The van der Waals surface area contributed by atoms with Crippen LogP contribution in [0.1, 0.15) is 69.1 Å². The highest BCUT2D eigenvalue weighted by atomic mass is 16.2. The Labute approximate surface area is 187 Å². The first kappa shape index (κ1) is 21.6. The van der Waals surface area contributed by atoms with Gasteiger partial charge in [-0.1, -0.05) is 49.2 Å². The van der Waals surface area contributed by atoms with E-state index < -0.39 is 5.91 Å². The fraction of sp³-hybridized carbons (Fsp3) is 0.320. The van der Waals surface area contributed by atoms with Crippen LogP contribution in [-0.4, -0.2) is 21.6 Å². The Morgan fingerprint density at radius 1 is 1.09 bits per heavy atom. The van der Waals surface area contributed by atoms with Gasteiger partial charge in [-0.25, -0.2) is 4.68 Å². The molecule has 1 aliphatic carbocycles. The molecule has 7 heteroatoms. The molecule has 0 radical (unpaired) electrons. The molecule has 0 atom stereocenters. The van der Waals surface area contributed by atoms with Crippen molar-refractivity contribution < 1.29 is 9.59 Å². The molecule has 2 aromatic carbocycles. The van der Waals surface area contributed by atoms with Crippen molar-refractivity contribution in [3.63, 3.8) is 0 Å². The molecule has 0 unspecified atom stereocenters. The summed E-state index contributed by atoms with van der Waals surface area (Å²) in [5, 5.41) is 7.69. The van der Waals surface area contributed by atoms with Crippen molar-refractivity contribution >= 4 is 17.6 Å². The van der Waals surface area contributed by atoms with Crippen LogP contribution >= 0.6 is 0 Å². The van der Waals surface area contributed by atoms with Crippen molar-refractivity contribution in [2.24, 2.45) is 5.73 Å². The summed E-state index contributed by atoms with van der Waals surface area (Å²) in [5.74, 6) is -0.340. The Bertz CT molecular complexity index is 1180. The number of carbonyl (C=O) groups is 2. The summed E-state index contributed by atoms with van der Waals surface area (Å²) in [6, 6.07) is 13.5. The highest BCUT2D eigenvalue weighted by molar-refractivity contribution is 6.03. The van der Waals surface area contributed by atoms with Crippen LogP contribution in [0.15, 0.2) is 42.5 Å².